The zero-order valence-corrected chi connectivity index (χ0v) is 18.7. The highest BCUT2D eigenvalue weighted by Gasteiger charge is 2.21. The molecule has 0 aliphatic carbocycles. The Bertz CT molecular complexity index is 1080. The van der Waals surface area contributed by atoms with Crippen molar-refractivity contribution < 1.29 is 22.7 Å². The van der Waals surface area contributed by atoms with Gasteiger partial charge in [-0.2, -0.15) is 0 Å². The summed E-state index contributed by atoms with van der Waals surface area (Å²) in [7, 11) is -2.04. The number of ether oxygens (including phenoxy) is 1. The quantitative estimate of drug-likeness (QED) is 0.682. The molecule has 2 amide bonds. The van der Waals surface area contributed by atoms with Crippen molar-refractivity contribution >= 4 is 33.2 Å². The fourth-order valence-corrected chi connectivity index (χ4v) is 4.03. The number of benzene rings is 2. The first-order chi connectivity index (χ1) is 14.7. The van der Waals surface area contributed by atoms with Crippen molar-refractivity contribution in [2.45, 2.75) is 25.9 Å². The minimum absolute atomic E-state index is 0.0166. The summed E-state index contributed by atoms with van der Waals surface area (Å²) in [4.78, 5) is 25.6. The standard InChI is InChI=1S/C22H27N3O5S/c1-15-17(10-6-12-20(15)25(2)31(3,28)29)22(27)24-19-11-5-4-9-18(19)21(26)23-14-16-8-7-13-30-16/h4-6,9-12,16H,7-8,13-14H2,1-3H3,(H,23,26)(H,24,27)/t16-/m0/s1. The summed E-state index contributed by atoms with van der Waals surface area (Å²) in [5.74, 6) is -0.727. The predicted molar refractivity (Wildman–Crippen MR) is 120 cm³/mol. The second-order valence-electron chi connectivity index (χ2n) is 7.52. The van der Waals surface area contributed by atoms with Crippen LogP contribution < -0.4 is 14.9 Å². The first kappa shape index (κ1) is 22.8. The Balaban J connectivity index is 1.79. The number of sulfonamides is 1. The lowest BCUT2D eigenvalue weighted by atomic mass is 10.1. The van der Waals surface area contributed by atoms with Crippen LogP contribution in [0.15, 0.2) is 42.5 Å². The molecule has 1 atom stereocenters. The molecule has 0 bridgehead atoms. The summed E-state index contributed by atoms with van der Waals surface area (Å²) < 4.78 is 30.5. The van der Waals surface area contributed by atoms with Gasteiger partial charge in [-0.1, -0.05) is 18.2 Å². The van der Waals surface area contributed by atoms with Crippen LogP contribution in [0.4, 0.5) is 11.4 Å². The largest absolute Gasteiger partial charge is 0.376 e. The monoisotopic (exact) mass is 445 g/mol. The number of nitrogens with one attached hydrogen (secondary N) is 2. The van der Waals surface area contributed by atoms with Gasteiger partial charge in [0, 0.05) is 25.8 Å². The van der Waals surface area contributed by atoms with E-state index in [0.29, 0.717) is 41.2 Å². The first-order valence-electron chi connectivity index (χ1n) is 10.0. The van der Waals surface area contributed by atoms with E-state index in [4.69, 9.17) is 4.74 Å². The van der Waals surface area contributed by atoms with Crippen molar-refractivity contribution in [2.75, 3.05) is 36.1 Å². The van der Waals surface area contributed by atoms with Crippen LogP contribution in [-0.4, -0.2) is 52.8 Å². The maximum absolute atomic E-state index is 13.0. The highest BCUT2D eigenvalue weighted by atomic mass is 32.2. The molecule has 0 aromatic heterocycles. The van der Waals surface area contributed by atoms with Crippen LogP contribution in [-0.2, 0) is 14.8 Å². The molecule has 2 aromatic carbocycles. The van der Waals surface area contributed by atoms with Gasteiger partial charge in [0.25, 0.3) is 11.8 Å². The Morgan fingerprint density at radius 3 is 2.48 bits per heavy atom. The number of para-hydroxylation sites is 1. The first-order valence-corrected chi connectivity index (χ1v) is 11.9. The normalized spacial score (nSPS) is 16.0. The van der Waals surface area contributed by atoms with Gasteiger partial charge in [0.1, 0.15) is 0 Å². The second kappa shape index (κ2) is 9.49. The van der Waals surface area contributed by atoms with E-state index in [1.165, 1.54) is 7.05 Å². The molecule has 2 aromatic rings. The van der Waals surface area contributed by atoms with Gasteiger partial charge in [-0.3, -0.25) is 13.9 Å². The molecule has 1 aliphatic rings. The van der Waals surface area contributed by atoms with Crippen molar-refractivity contribution in [1.29, 1.82) is 0 Å². The number of nitrogens with zero attached hydrogens (tertiary/aromatic N) is 1. The Hall–Kier alpha value is -2.91. The van der Waals surface area contributed by atoms with Gasteiger partial charge in [0.05, 0.1) is 29.3 Å². The van der Waals surface area contributed by atoms with Crippen LogP contribution in [0, 0.1) is 6.92 Å². The number of carbonyl (C=O) groups is 2. The Kier molecular flexibility index (Phi) is 6.97. The molecule has 1 heterocycles. The number of anilines is 2. The van der Waals surface area contributed by atoms with Gasteiger partial charge in [-0.05, 0) is 49.6 Å². The van der Waals surface area contributed by atoms with Crippen molar-refractivity contribution in [2.24, 2.45) is 0 Å². The maximum atomic E-state index is 13.0. The molecule has 8 nitrogen and oxygen atoms in total. The highest BCUT2D eigenvalue weighted by molar-refractivity contribution is 7.92. The van der Waals surface area contributed by atoms with Crippen LogP contribution in [0.25, 0.3) is 0 Å². The third-order valence-corrected chi connectivity index (χ3v) is 6.51. The third-order valence-electron chi connectivity index (χ3n) is 5.32. The Morgan fingerprint density at radius 1 is 1.10 bits per heavy atom. The average molecular weight is 446 g/mol. The lowest BCUT2D eigenvalue weighted by Crippen LogP contribution is -2.32. The zero-order valence-electron chi connectivity index (χ0n) is 17.8. The number of amides is 2. The van der Waals surface area contributed by atoms with E-state index in [9.17, 15) is 18.0 Å². The Morgan fingerprint density at radius 2 is 1.81 bits per heavy atom. The molecule has 166 valence electrons. The van der Waals surface area contributed by atoms with E-state index >= 15 is 0 Å². The van der Waals surface area contributed by atoms with Crippen LogP contribution >= 0.6 is 0 Å². The average Bonchev–Trinajstić information content (AvgIpc) is 3.25. The van der Waals surface area contributed by atoms with Crippen LogP contribution in [0.3, 0.4) is 0 Å². The van der Waals surface area contributed by atoms with Crippen molar-refractivity contribution in [3.63, 3.8) is 0 Å². The van der Waals surface area contributed by atoms with E-state index in [2.05, 4.69) is 10.6 Å². The lowest BCUT2D eigenvalue weighted by Gasteiger charge is -2.20. The van der Waals surface area contributed by atoms with Gasteiger partial charge in [-0.25, -0.2) is 8.42 Å². The van der Waals surface area contributed by atoms with E-state index in [1.807, 2.05) is 0 Å². The van der Waals surface area contributed by atoms with Gasteiger partial charge >= 0.3 is 0 Å². The van der Waals surface area contributed by atoms with Gasteiger partial charge in [-0.15, -0.1) is 0 Å². The Labute approximate surface area is 182 Å². The molecular weight excluding hydrogens is 418 g/mol. The summed E-state index contributed by atoms with van der Waals surface area (Å²) in [6.07, 6.45) is 3.02. The number of rotatable bonds is 7. The van der Waals surface area contributed by atoms with Crippen molar-refractivity contribution in [3.8, 4) is 0 Å². The third kappa shape index (κ3) is 5.42. The van der Waals surface area contributed by atoms with E-state index in [0.717, 1.165) is 23.4 Å². The zero-order chi connectivity index (χ0) is 22.6. The van der Waals surface area contributed by atoms with Gasteiger partial charge in [0.2, 0.25) is 10.0 Å². The molecule has 1 saturated heterocycles. The van der Waals surface area contributed by atoms with Gasteiger partial charge in [0.15, 0.2) is 0 Å². The molecule has 1 aliphatic heterocycles. The van der Waals surface area contributed by atoms with Crippen molar-refractivity contribution in [1.82, 2.24) is 5.32 Å². The molecule has 0 unspecified atom stereocenters. The molecule has 9 heteroatoms. The highest BCUT2D eigenvalue weighted by Crippen LogP contribution is 2.25. The number of hydrogen-bond donors (Lipinski definition) is 2. The van der Waals surface area contributed by atoms with Crippen LogP contribution in [0.5, 0.6) is 0 Å². The fourth-order valence-electron chi connectivity index (χ4n) is 3.48. The smallest absolute Gasteiger partial charge is 0.256 e. The molecule has 0 radical (unpaired) electrons. The van der Waals surface area contributed by atoms with Crippen LogP contribution in [0.2, 0.25) is 0 Å². The summed E-state index contributed by atoms with van der Waals surface area (Å²) in [6, 6.07) is 11.6. The summed E-state index contributed by atoms with van der Waals surface area (Å²) in [5, 5.41) is 5.64. The number of carbonyl (C=O) groups excluding carboxylic acids is 2. The van der Waals surface area contributed by atoms with Gasteiger partial charge < -0.3 is 15.4 Å². The molecule has 0 saturated carbocycles. The van der Waals surface area contributed by atoms with E-state index in [1.54, 1.807) is 49.4 Å². The minimum atomic E-state index is -3.47. The molecule has 2 N–H and O–H groups in total. The summed E-state index contributed by atoms with van der Waals surface area (Å²) in [6.45, 7) is 2.81. The minimum Gasteiger partial charge on any atom is -0.376 e. The fraction of sp³-hybridized carbons (Fsp3) is 0.364. The van der Waals surface area contributed by atoms with Crippen LogP contribution in [0.1, 0.15) is 39.1 Å². The molecule has 0 spiro atoms. The van der Waals surface area contributed by atoms with E-state index < -0.39 is 15.9 Å². The second-order valence-corrected chi connectivity index (χ2v) is 9.54. The molecule has 1 fully saturated rings. The SMILES string of the molecule is Cc1c(C(=O)Nc2ccccc2C(=O)NC[C@@H]2CCCO2)cccc1N(C)S(C)(=O)=O. The predicted octanol–water partition coefficient (Wildman–Crippen LogP) is 2.55. The topological polar surface area (TPSA) is 105 Å². The maximum Gasteiger partial charge on any atom is 0.256 e. The van der Waals surface area contributed by atoms with Crippen molar-refractivity contribution in [3.05, 3.63) is 59.2 Å². The number of hydrogen-bond acceptors (Lipinski definition) is 5. The molecule has 31 heavy (non-hydrogen) atoms. The molecular formula is C22H27N3O5S. The summed E-state index contributed by atoms with van der Waals surface area (Å²) >= 11 is 0. The molecule has 3 rings (SSSR count). The lowest BCUT2D eigenvalue weighted by molar-refractivity contribution is 0.0858. The van der Waals surface area contributed by atoms with E-state index in [-0.39, 0.29) is 12.0 Å². The summed E-state index contributed by atoms with van der Waals surface area (Å²) in [5.41, 5.74) is 1.98.